The molecule has 0 nitrogen and oxygen atoms in total. The number of aryl methyl sites for hydroxylation is 1. The molecule has 1 rings (SSSR count). The first-order chi connectivity index (χ1) is 5.88. The normalized spacial score (nSPS) is 10.4. The number of hydrogen-bond acceptors (Lipinski definition) is 0. The van der Waals surface area contributed by atoms with Crippen LogP contribution in [0.2, 0.25) is 0 Å². The van der Waals surface area contributed by atoms with Crippen LogP contribution in [0.3, 0.4) is 0 Å². The third-order valence-corrected chi connectivity index (χ3v) is 3.06. The predicted molar refractivity (Wildman–Crippen MR) is 58.7 cm³/mol. The summed E-state index contributed by atoms with van der Waals surface area (Å²) in [4.78, 5) is 0. The lowest BCUT2D eigenvalue weighted by atomic mass is 10.0. The van der Waals surface area contributed by atoms with Crippen LogP contribution in [0.4, 0.5) is 0 Å². The molecule has 0 amide bonds. The minimum Gasteiger partial charge on any atom is -0.0654 e. The van der Waals surface area contributed by atoms with Crippen molar-refractivity contribution in [2.75, 3.05) is 0 Å². The molecular formula is C11H18Si. The van der Waals surface area contributed by atoms with Gasteiger partial charge in [-0.15, -0.1) is 0 Å². The van der Waals surface area contributed by atoms with E-state index in [-0.39, 0.29) is 0 Å². The van der Waals surface area contributed by atoms with E-state index in [1.807, 2.05) is 0 Å². The lowest BCUT2D eigenvalue weighted by molar-refractivity contribution is 0.790. The van der Waals surface area contributed by atoms with Crippen molar-refractivity contribution in [2.24, 2.45) is 0 Å². The van der Waals surface area contributed by atoms with Crippen LogP contribution in [0.1, 0.15) is 30.9 Å². The summed E-state index contributed by atoms with van der Waals surface area (Å²) in [5.41, 5.74) is 3.16. The first-order valence-corrected chi connectivity index (χ1v) is 6.36. The molecule has 0 spiro atoms. The van der Waals surface area contributed by atoms with Crippen LogP contribution in [-0.2, 0) is 12.5 Å². The first kappa shape index (κ1) is 9.52. The standard InChI is InChI=1S/C11H18Si/c1-2-3-6-10-7-4-5-8-11(10)9-12/h4-5,7-8H,2-3,6,9H2,1,12H3. The molecule has 0 aliphatic heterocycles. The summed E-state index contributed by atoms with van der Waals surface area (Å²) in [6.45, 7) is 2.25. The number of unbranched alkanes of at least 4 members (excludes halogenated alkanes) is 1. The van der Waals surface area contributed by atoms with Crippen LogP contribution in [0.15, 0.2) is 24.3 Å². The maximum atomic E-state index is 2.28. The van der Waals surface area contributed by atoms with Gasteiger partial charge in [0.05, 0.1) is 0 Å². The third kappa shape index (κ3) is 2.49. The summed E-state index contributed by atoms with van der Waals surface area (Å²) in [5, 5.41) is 0. The van der Waals surface area contributed by atoms with E-state index in [1.165, 1.54) is 35.5 Å². The largest absolute Gasteiger partial charge is 0.0654 e. The Balaban J connectivity index is 2.68. The Morgan fingerprint density at radius 1 is 1.17 bits per heavy atom. The second-order valence-electron chi connectivity index (χ2n) is 3.23. The maximum absolute atomic E-state index is 2.28. The number of benzene rings is 1. The van der Waals surface area contributed by atoms with E-state index in [1.54, 1.807) is 11.1 Å². The van der Waals surface area contributed by atoms with Gasteiger partial charge in [0, 0.05) is 10.2 Å². The number of rotatable bonds is 4. The topological polar surface area (TPSA) is 0 Å². The first-order valence-electron chi connectivity index (χ1n) is 4.95. The molecule has 12 heavy (non-hydrogen) atoms. The van der Waals surface area contributed by atoms with E-state index in [4.69, 9.17) is 0 Å². The van der Waals surface area contributed by atoms with Crippen LogP contribution in [0, 0.1) is 0 Å². The third-order valence-electron chi connectivity index (χ3n) is 2.30. The zero-order chi connectivity index (χ0) is 8.81. The van der Waals surface area contributed by atoms with Crippen LogP contribution in [0.25, 0.3) is 0 Å². The van der Waals surface area contributed by atoms with Crippen LogP contribution < -0.4 is 0 Å². The molecular weight excluding hydrogens is 160 g/mol. The molecule has 0 heterocycles. The van der Waals surface area contributed by atoms with Gasteiger partial charge in [-0.3, -0.25) is 0 Å². The van der Waals surface area contributed by atoms with Gasteiger partial charge in [-0.05, 0) is 30.0 Å². The van der Waals surface area contributed by atoms with E-state index >= 15 is 0 Å². The molecule has 1 aromatic carbocycles. The number of hydrogen-bond donors (Lipinski definition) is 0. The van der Waals surface area contributed by atoms with E-state index in [2.05, 4.69) is 31.2 Å². The Labute approximate surface area is 78.4 Å². The fourth-order valence-electron chi connectivity index (χ4n) is 1.51. The van der Waals surface area contributed by atoms with Crippen molar-refractivity contribution in [1.82, 2.24) is 0 Å². The SMILES string of the molecule is CCCCc1ccccc1C[SiH3]. The Bertz CT molecular complexity index is 230. The smallest absolute Gasteiger partial charge is 0.00834 e. The Hall–Kier alpha value is -0.563. The van der Waals surface area contributed by atoms with Crippen molar-refractivity contribution in [3.8, 4) is 0 Å². The Kier molecular flexibility index (Phi) is 4.09. The van der Waals surface area contributed by atoms with Crippen LogP contribution >= 0.6 is 0 Å². The minimum absolute atomic E-state index is 1.27. The van der Waals surface area contributed by atoms with Gasteiger partial charge in [-0.2, -0.15) is 0 Å². The van der Waals surface area contributed by atoms with Crippen molar-refractivity contribution in [1.29, 1.82) is 0 Å². The van der Waals surface area contributed by atoms with E-state index in [0.717, 1.165) is 0 Å². The molecule has 0 aromatic heterocycles. The molecule has 0 atom stereocenters. The van der Waals surface area contributed by atoms with Gasteiger partial charge in [-0.25, -0.2) is 0 Å². The van der Waals surface area contributed by atoms with Crippen LogP contribution in [0.5, 0.6) is 0 Å². The van der Waals surface area contributed by atoms with Crippen molar-refractivity contribution >= 4 is 10.2 Å². The molecule has 0 saturated carbocycles. The molecule has 0 aliphatic carbocycles. The average molecular weight is 178 g/mol. The van der Waals surface area contributed by atoms with Gasteiger partial charge < -0.3 is 0 Å². The van der Waals surface area contributed by atoms with Crippen LogP contribution in [-0.4, -0.2) is 10.2 Å². The maximum Gasteiger partial charge on any atom is 0.00834 e. The summed E-state index contributed by atoms with van der Waals surface area (Å²) in [6.07, 6.45) is 3.91. The van der Waals surface area contributed by atoms with E-state index in [0.29, 0.717) is 0 Å². The van der Waals surface area contributed by atoms with Gasteiger partial charge in [0.15, 0.2) is 0 Å². The molecule has 0 radical (unpaired) electrons. The summed E-state index contributed by atoms with van der Waals surface area (Å²) in [5.74, 6) is 0. The molecule has 1 heteroatoms. The molecule has 66 valence electrons. The molecule has 1 aromatic rings. The quantitative estimate of drug-likeness (QED) is 0.618. The minimum atomic E-state index is 1.27. The van der Waals surface area contributed by atoms with E-state index in [9.17, 15) is 0 Å². The second kappa shape index (κ2) is 5.15. The summed E-state index contributed by atoms with van der Waals surface area (Å²) < 4.78 is 0. The Morgan fingerprint density at radius 3 is 2.42 bits per heavy atom. The van der Waals surface area contributed by atoms with Crippen molar-refractivity contribution < 1.29 is 0 Å². The van der Waals surface area contributed by atoms with Crippen molar-refractivity contribution in [3.63, 3.8) is 0 Å². The predicted octanol–water partition coefficient (Wildman–Crippen LogP) is 1.89. The van der Waals surface area contributed by atoms with E-state index < -0.39 is 0 Å². The zero-order valence-electron chi connectivity index (χ0n) is 8.14. The monoisotopic (exact) mass is 178 g/mol. The molecule has 0 N–H and O–H groups in total. The van der Waals surface area contributed by atoms with Crippen molar-refractivity contribution in [3.05, 3.63) is 35.4 Å². The highest BCUT2D eigenvalue weighted by molar-refractivity contribution is 6.08. The average Bonchev–Trinajstić information content (AvgIpc) is 2.15. The fraction of sp³-hybridized carbons (Fsp3) is 0.455. The molecule has 0 saturated heterocycles. The zero-order valence-corrected chi connectivity index (χ0v) is 10.1. The fourth-order valence-corrected chi connectivity index (χ4v) is 2.20. The van der Waals surface area contributed by atoms with Crippen molar-refractivity contribution in [2.45, 2.75) is 32.2 Å². The molecule has 0 fully saturated rings. The lowest BCUT2D eigenvalue weighted by Gasteiger charge is -2.05. The summed E-state index contributed by atoms with van der Waals surface area (Å²) in [6, 6.07) is 10.2. The van der Waals surface area contributed by atoms with Gasteiger partial charge in [0.25, 0.3) is 0 Å². The molecule has 0 aliphatic rings. The second-order valence-corrected chi connectivity index (χ2v) is 3.93. The highest BCUT2D eigenvalue weighted by Crippen LogP contribution is 2.11. The highest BCUT2D eigenvalue weighted by atomic mass is 28.1. The van der Waals surface area contributed by atoms with Gasteiger partial charge >= 0.3 is 0 Å². The highest BCUT2D eigenvalue weighted by Gasteiger charge is 1.97. The molecule has 0 bridgehead atoms. The summed E-state index contributed by atoms with van der Waals surface area (Å²) >= 11 is 0. The van der Waals surface area contributed by atoms with Gasteiger partial charge in [0.1, 0.15) is 0 Å². The Morgan fingerprint density at radius 2 is 1.83 bits per heavy atom. The summed E-state index contributed by atoms with van der Waals surface area (Å²) in [7, 11) is 1.28. The van der Waals surface area contributed by atoms with Gasteiger partial charge in [-0.1, -0.05) is 37.6 Å². The lowest BCUT2D eigenvalue weighted by Crippen LogP contribution is -1.93. The molecule has 0 unspecified atom stereocenters. The van der Waals surface area contributed by atoms with Gasteiger partial charge in [0.2, 0.25) is 0 Å².